The zero-order valence-corrected chi connectivity index (χ0v) is 18.5. The van der Waals surface area contributed by atoms with E-state index in [1.54, 1.807) is 12.1 Å². The van der Waals surface area contributed by atoms with E-state index in [0.717, 1.165) is 38.2 Å². The van der Waals surface area contributed by atoms with E-state index in [0.29, 0.717) is 5.56 Å². The summed E-state index contributed by atoms with van der Waals surface area (Å²) >= 11 is 1.49. The SMILES string of the molecule is NC(=O)CNC(=O)c1ccc(-c2cccc3cc(COc4cccc(C(F)(F)F)c4)sc23)cc1. The highest BCUT2D eigenvalue weighted by molar-refractivity contribution is 7.19. The third-order valence-corrected chi connectivity index (χ3v) is 6.18. The van der Waals surface area contributed by atoms with Crippen molar-refractivity contribution in [3.05, 3.63) is 88.8 Å². The molecule has 4 aromatic rings. The first-order chi connectivity index (χ1) is 16.2. The lowest BCUT2D eigenvalue weighted by atomic mass is 10.0. The van der Waals surface area contributed by atoms with Crippen LogP contribution in [0.1, 0.15) is 20.8 Å². The van der Waals surface area contributed by atoms with E-state index in [-0.39, 0.29) is 18.9 Å². The molecule has 0 saturated carbocycles. The zero-order chi connectivity index (χ0) is 24.3. The molecule has 3 N–H and O–H groups in total. The lowest BCUT2D eigenvalue weighted by Crippen LogP contribution is -2.33. The Balaban J connectivity index is 1.52. The lowest BCUT2D eigenvalue weighted by molar-refractivity contribution is -0.137. The van der Waals surface area contributed by atoms with Crippen molar-refractivity contribution >= 4 is 33.2 Å². The summed E-state index contributed by atoms with van der Waals surface area (Å²) in [7, 11) is 0. The lowest BCUT2D eigenvalue weighted by Gasteiger charge is -2.09. The molecule has 0 aliphatic rings. The van der Waals surface area contributed by atoms with E-state index in [1.165, 1.54) is 23.5 Å². The fourth-order valence-electron chi connectivity index (χ4n) is 3.40. The molecule has 0 bridgehead atoms. The zero-order valence-electron chi connectivity index (χ0n) is 17.7. The molecule has 1 aromatic heterocycles. The molecule has 0 saturated heterocycles. The van der Waals surface area contributed by atoms with Crippen molar-refractivity contribution in [1.82, 2.24) is 5.32 Å². The predicted molar refractivity (Wildman–Crippen MR) is 125 cm³/mol. The quantitative estimate of drug-likeness (QED) is 0.370. The van der Waals surface area contributed by atoms with Crippen molar-refractivity contribution in [2.24, 2.45) is 5.73 Å². The van der Waals surface area contributed by atoms with Gasteiger partial charge in [-0.3, -0.25) is 9.59 Å². The Hall–Kier alpha value is -3.85. The number of hydrogen-bond acceptors (Lipinski definition) is 4. The van der Waals surface area contributed by atoms with Crippen LogP contribution in [-0.4, -0.2) is 18.4 Å². The Morgan fingerprint density at radius 2 is 1.71 bits per heavy atom. The number of primary amides is 1. The minimum absolute atomic E-state index is 0.138. The minimum Gasteiger partial charge on any atom is -0.488 e. The van der Waals surface area contributed by atoms with Gasteiger partial charge in [0.1, 0.15) is 12.4 Å². The maximum atomic E-state index is 12.9. The highest BCUT2D eigenvalue weighted by atomic mass is 32.1. The summed E-state index contributed by atoms with van der Waals surface area (Å²) in [5, 5.41) is 3.42. The highest BCUT2D eigenvalue weighted by Crippen LogP contribution is 2.36. The maximum Gasteiger partial charge on any atom is 0.416 e. The third kappa shape index (κ3) is 5.37. The highest BCUT2D eigenvalue weighted by Gasteiger charge is 2.30. The van der Waals surface area contributed by atoms with Crippen LogP contribution in [0.2, 0.25) is 0 Å². The first kappa shape index (κ1) is 23.3. The van der Waals surface area contributed by atoms with Crippen molar-refractivity contribution in [2.75, 3.05) is 6.54 Å². The Labute approximate surface area is 197 Å². The number of amides is 2. The Morgan fingerprint density at radius 3 is 2.41 bits per heavy atom. The Morgan fingerprint density at radius 1 is 0.971 bits per heavy atom. The summed E-state index contributed by atoms with van der Waals surface area (Å²) in [6.07, 6.45) is -4.43. The van der Waals surface area contributed by atoms with Crippen LogP contribution in [0.4, 0.5) is 13.2 Å². The van der Waals surface area contributed by atoms with E-state index >= 15 is 0 Å². The van der Waals surface area contributed by atoms with Crippen LogP contribution in [0.15, 0.2) is 72.8 Å². The van der Waals surface area contributed by atoms with E-state index < -0.39 is 23.6 Å². The molecule has 0 unspecified atom stereocenters. The number of carbonyl (C=O) groups excluding carboxylic acids is 2. The van der Waals surface area contributed by atoms with Crippen LogP contribution in [0, 0.1) is 0 Å². The minimum atomic E-state index is -4.43. The number of carbonyl (C=O) groups is 2. The van der Waals surface area contributed by atoms with E-state index in [9.17, 15) is 22.8 Å². The molecule has 0 spiro atoms. The molecule has 1 heterocycles. The number of nitrogens with one attached hydrogen (secondary N) is 1. The van der Waals surface area contributed by atoms with Gasteiger partial charge in [0.2, 0.25) is 5.91 Å². The number of ether oxygens (including phenoxy) is 1. The first-order valence-corrected chi connectivity index (χ1v) is 11.0. The van der Waals surface area contributed by atoms with Crippen LogP contribution in [0.5, 0.6) is 5.75 Å². The molecule has 9 heteroatoms. The van der Waals surface area contributed by atoms with Crippen molar-refractivity contribution in [3.8, 4) is 16.9 Å². The molecule has 174 valence electrons. The fraction of sp³-hybridized carbons (Fsp3) is 0.120. The topological polar surface area (TPSA) is 81.4 Å². The predicted octanol–water partition coefficient (Wildman–Crippen LogP) is 5.38. The van der Waals surface area contributed by atoms with Crippen LogP contribution < -0.4 is 15.8 Å². The second-order valence-electron chi connectivity index (χ2n) is 7.48. The van der Waals surface area contributed by atoms with Crippen molar-refractivity contribution in [2.45, 2.75) is 12.8 Å². The van der Waals surface area contributed by atoms with Crippen LogP contribution in [0.25, 0.3) is 21.2 Å². The van der Waals surface area contributed by atoms with E-state index in [4.69, 9.17) is 10.5 Å². The number of nitrogens with two attached hydrogens (primary N) is 1. The van der Waals surface area contributed by atoms with E-state index in [1.807, 2.05) is 36.4 Å². The first-order valence-electron chi connectivity index (χ1n) is 10.2. The van der Waals surface area contributed by atoms with Gasteiger partial charge in [-0.05, 0) is 52.9 Å². The maximum absolute atomic E-state index is 12.9. The van der Waals surface area contributed by atoms with Crippen molar-refractivity contribution < 1.29 is 27.5 Å². The van der Waals surface area contributed by atoms with Gasteiger partial charge in [0.05, 0.1) is 12.1 Å². The summed E-state index contributed by atoms with van der Waals surface area (Å²) in [5.74, 6) is -0.867. The third-order valence-electron chi connectivity index (χ3n) is 5.02. The van der Waals surface area contributed by atoms with Gasteiger partial charge in [0.25, 0.3) is 5.91 Å². The summed E-state index contributed by atoms with van der Waals surface area (Å²) in [6, 6.07) is 19.5. The standard InChI is InChI=1S/C25H19F3N2O3S/c26-25(27,28)18-4-2-5-19(12-18)33-14-20-11-17-3-1-6-21(23(17)34-20)15-7-9-16(10-8-15)24(32)30-13-22(29)31/h1-12H,13-14H2,(H2,29,31)(H,30,32). The van der Waals surface area contributed by atoms with Gasteiger partial charge in [0.15, 0.2) is 0 Å². The summed E-state index contributed by atoms with van der Waals surface area (Å²) in [6.45, 7) is -0.0977. The smallest absolute Gasteiger partial charge is 0.416 e. The van der Waals surface area contributed by atoms with Gasteiger partial charge in [0, 0.05) is 15.1 Å². The van der Waals surface area contributed by atoms with Gasteiger partial charge in [-0.15, -0.1) is 11.3 Å². The molecule has 2 amide bonds. The molecule has 0 radical (unpaired) electrons. The summed E-state index contributed by atoms with van der Waals surface area (Å²) in [4.78, 5) is 23.8. The molecular weight excluding hydrogens is 465 g/mol. The van der Waals surface area contributed by atoms with Crippen LogP contribution in [0.3, 0.4) is 0 Å². The molecule has 0 aliphatic carbocycles. The average Bonchev–Trinajstić information content (AvgIpc) is 3.24. The Kier molecular flexibility index (Phi) is 6.56. The molecule has 4 rings (SSSR count). The number of halogens is 3. The van der Waals surface area contributed by atoms with Gasteiger partial charge >= 0.3 is 6.18 Å². The van der Waals surface area contributed by atoms with Crippen molar-refractivity contribution in [3.63, 3.8) is 0 Å². The van der Waals surface area contributed by atoms with Crippen LogP contribution in [-0.2, 0) is 17.6 Å². The molecule has 5 nitrogen and oxygen atoms in total. The number of rotatable bonds is 7. The monoisotopic (exact) mass is 484 g/mol. The van der Waals surface area contributed by atoms with Gasteiger partial charge in [-0.2, -0.15) is 13.2 Å². The van der Waals surface area contributed by atoms with Crippen molar-refractivity contribution in [1.29, 1.82) is 0 Å². The molecule has 0 atom stereocenters. The Bertz CT molecular complexity index is 1350. The van der Waals surface area contributed by atoms with Gasteiger partial charge in [-0.1, -0.05) is 36.4 Å². The molecule has 0 fully saturated rings. The normalized spacial score (nSPS) is 11.4. The second-order valence-corrected chi connectivity index (χ2v) is 8.61. The van der Waals surface area contributed by atoms with Gasteiger partial charge < -0.3 is 15.8 Å². The molecule has 0 aliphatic heterocycles. The molecular formula is C25H19F3N2O3S. The number of benzene rings is 3. The second kappa shape index (κ2) is 9.56. The van der Waals surface area contributed by atoms with Gasteiger partial charge in [-0.25, -0.2) is 0 Å². The number of hydrogen-bond donors (Lipinski definition) is 2. The molecule has 3 aromatic carbocycles. The molecule has 34 heavy (non-hydrogen) atoms. The van der Waals surface area contributed by atoms with Crippen LogP contribution >= 0.6 is 11.3 Å². The average molecular weight is 484 g/mol. The van der Waals surface area contributed by atoms with E-state index in [2.05, 4.69) is 5.32 Å². The number of thiophene rings is 1. The fourth-order valence-corrected chi connectivity index (χ4v) is 4.51. The summed E-state index contributed by atoms with van der Waals surface area (Å²) < 4.78 is 45.4. The number of alkyl halides is 3. The summed E-state index contributed by atoms with van der Waals surface area (Å²) in [5.41, 5.74) is 6.54. The number of fused-ring (bicyclic) bond motifs is 1. The largest absolute Gasteiger partial charge is 0.488 e.